The molecule has 10 nitrogen and oxygen atoms in total. The summed E-state index contributed by atoms with van der Waals surface area (Å²) in [5.74, 6) is 0.717. The van der Waals surface area contributed by atoms with Crippen LogP contribution in [-0.4, -0.2) is 58.6 Å². The summed E-state index contributed by atoms with van der Waals surface area (Å²) in [5, 5.41) is 13.9. The van der Waals surface area contributed by atoms with E-state index in [2.05, 4.69) is 35.9 Å². The molecule has 1 amide bonds. The number of hydrogen-bond acceptors (Lipinski definition) is 8. The van der Waals surface area contributed by atoms with Crippen LogP contribution in [0, 0.1) is 25.2 Å². The van der Waals surface area contributed by atoms with Gasteiger partial charge >= 0.3 is 0 Å². The summed E-state index contributed by atoms with van der Waals surface area (Å²) >= 11 is 1.45. The number of anilines is 1. The molecular formula is C25H30N8O2S. The minimum absolute atomic E-state index is 0.354. The summed E-state index contributed by atoms with van der Waals surface area (Å²) in [4.78, 5) is 24.9. The first kappa shape index (κ1) is 26.6. The number of aryl methyl sites for hydroxylation is 2. The van der Waals surface area contributed by atoms with Gasteiger partial charge in [0.2, 0.25) is 6.41 Å². The van der Waals surface area contributed by atoms with Crippen LogP contribution in [0.3, 0.4) is 0 Å². The molecule has 0 atom stereocenters. The molecule has 3 heterocycles. The Morgan fingerprint density at radius 1 is 1.36 bits per heavy atom. The molecule has 0 saturated carbocycles. The third-order valence-corrected chi connectivity index (χ3v) is 6.41. The van der Waals surface area contributed by atoms with E-state index in [1.165, 1.54) is 30.1 Å². The number of carbonyl (C=O) groups excluding carboxylic acids is 1. The molecule has 36 heavy (non-hydrogen) atoms. The van der Waals surface area contributed by atoms with Crippen molar-refractivity contribution in [2.75, 3.05) is 25.0 Å². The molecule has 11 heteroatoms. The number of fused-ring (bicyclic) bond motifs is 1. The van der Waals surface area contributed by atoms with Gasteiger partial charge < -0.3 is 25.7 Å². The number of allylic oxidation sites excluding steroid dienone is 1. The third kappa shape index (κ3) is 7.03. The zero-order chi connectivity index (χ0) is 25.9. The second-order valence-corrected chi connectivity index (χ2v) is 9.18. The highest BCUT2D eigenvalue weighted by Gasteiger charge is 2.28. The van der Waals surface area contributed by atoms with Crippen LogP contribution < -0.4 is 11.1 Å². The van der Waals surface area contributed by atoms with Gasteiger partial charge in [-0.05, 0) is 56.3 Å². The Hall–Kier alpha value is -3.96. The van der Waals surface area contributed by atoms with Gasteiger partial charge in [-0.3, -0.25) is 4.79 Å². The normalized spacial score (nSPS) is 14.4. The number of hydrogen-bond donors (Lipinski definition) is 3. The van der Waals surface area contributed by atoms with Gasteiger partial charge in [0.1, 0.15) is 12.3 Å². The minimum atomic E-state index is 0.354. The number of benzene rings is 1. The summed E-state index contributed by atoms with van der Waals surface area (Å²) in [6.07, 6.45) is 7.16. The highest BCUT2D eigenvalue weighted by molar-refractivity contribution is 8.01. The Morgan fingerprint density at radius 3 is 2.83 bits per heavy atom. The molecule has 4 N–H and O–H groups in total. The van der Waals surface area contributed by atoms with Crippen molar-refractivity contribution < 1.29 is 9.63 Å². The van der Waals surface area contributed by atoms with Gasteiger partial charge in [-0.2, -0.15) is 0 Å². The van der Waals surface area contributed by atoms with Crippen molar-refractivity contribution in [3.8, 4) is 0 Å². The SMILES string of the molecule is C=N/C(=N\OCC1CN(S/C(C=N)=C/N)C1)c1ccc(C)c(NC=O)c1.Cc1cnc2ccccn12. The number of rotatable bonds is 9. The first-order chi connectivity index (χ1) is 17.5. The molecule has 1 aliphatic heterocycles. The lowest BCUT2D eigenvalue weighted by Gasteiger charge is -2.37. The van der Waals surface area contributed by atoms with Crippen LogP contribution in [0.4, 0.5) is 5.69 Å². The van der Waals surface area contributed by atoms with E-state index in [-0.39, 0.29) is 0 Å². The average molecular weight is 507 g/mol. The average Bonchev–Trinajstić information content (AvgIpc) is 3.25. The number of carbonyl (C=O) groups is 1. The monoisotopic (exact) mass is 506 g/mol. The number of nitrogens with zero attached hydrogens (tertiary/aromatic N) is 5. The summed E-state index contributed by atoms with van der Waals surface area (Å²) in [6.45, 7) is 9.60. The lowest BCUT2D eigenvalue weighted by Crippen LogP contribution is -2.44. The van der Waals surface area contributed by atoms with Crippen LogP contribution in [0.25, 0.3) is 5.65 Å². The minimum Gasteiger partial charge on any atom is -0.404 e. The summed E-state index contributed by atoms with van der Waals surface area (Å²) in [5.41, 5.74) is 9.96. The van der Waals surface area contributed by atoms with E-state index in [4.69, 9.17) is 16.0 Å². The van der Waals surface area contributed by atoms with Crippen molar-refractivity contribution in [2.45, 2.75) is 13.8 Å². The predicted molar refractivity (Wildman–Crippen MR) is 147 cm³/mol. The molecule has 0 aliphatic carbocycles. The Labute approximate surface area is 214 Å². The molecule has 188 valence electrons. The first-order valence-electron chi connectivity index (χ1n) is 11.2. The summed E-state index contributed by atoms with van der Waals surface area (Å²) in [6, 6.07) is 11.5. The third-order valence-electron chi connectivity index (χ3n) is 5.39. The lowest BCUT2D eigenvalue weighted by molar-refractivity contribution is -0.105. The molecule has 0 spiro atoms. The Morgan fingerprint density at radius 2 is 2.17 bits per heavy atom. The van der Waals surface area contributed by atoms with E-state index >= 15 is 0 Å². The van der Waals surface area contributed by atoms with Crippen LogP contribution in [0.1, 0.15) is 16.8 Å². The fraction of sp³-hybridized carbons (Fsp3) is 0.240. The molecule has 0 radical (unpaired) electrons. The lowest BCUT2D eigenvalue weighted by atomic mass is 10.1. The van der Waals surface area contributed by atoms with Crippen molar-refractivity contribution in [1.82, 2.24) is 13.7 Å². The van der Waals surface area contributed by atoms with Gasteiger partial charge in [-0.1, -0.05) is 23.4 Å². The first-order valence-corrected chi connectivity index (χ1v) is 12.0. The van der Waals surface area contributed by atoms with Crippen molar-refractivity contribution in [3.05, 3.63) is 76.7 Å². The predicted octanol–water partition coefficient (Wildman–Crippen LogP) is 3.61. The number of imidazole rings is 1. The second-order valence-electron chi connectivity index (χ2n) is 8.01. The number of oxime groups is 1. The smallest absolute Gasteiger partial charge is 0.211 e. The van der Waals surface area contributed by atoms with E-state index in [1.54, 1.807) is 6.07 Å². The largest absolute Gasteiger partial charge is 0.404 e. The Bertz CT molecular complexity index is 1260. The fourth-order valence-corrected chi connectivity index (χ4v) is 4.35. The van der Waals surface area contributed by atoms with E-state index < -0.39 is 0 Å². The van der Waals surface area contributed by atoms with Gasteiger partial charge in [0.05, 0.1) is 4.91 Å². The zero-order valence-corrected chi connectivity index (χ0v) is 21.1. The van der Waals surface area contributed by atoms with Gasteiger partial charge in [0.15, 0.2) is 5.84 Å². The Balaban J connectivity index is 0.000000297. The van der Waals surface area contributed by atoms with Crippen molar-refractivity contribution >= 4 is 48.5 Å². The number of nitrogens with two attached hydrogens (primary N) is 1. The molecule has 2 aromatic heterocycles. The number of nitrogens with one attached hydrogen (secondary N) is 2. The number of aromatic nitrogens is 2. The molecule has 1 aliphatic rings. The van der Waals surface area contributed by atoms with Crippen LogP contribution in [-0.2, 0) is 9.63 Å². The standard InChI is InChI=1S/C17H22N6O2S.C8H8N2/c1-12-3-4-14(5-16(12)21-11-24)17(20-2)22-25-10-13-8-23(9-13)26-15(6-18)7-19;1-7-6-9-8-4-2-3-5-10(7)8/h3-7,11,13,18H,2,8-10,19H2,1H3,(H,21,24);2-6H,1H3/b15-7+,18-6?,22-17-;. The maximum atomic E-state index is 10.7. The van der Waals surface area contributed by atoms with E-state index in [0.717, 1.165) is 24.3 Å². The number of aliphatic imine (C=N–C) groups is 1. The Kier molecular flexibility index (Phi) is 9.78. The number of amides is 1. The maximum absolute atomic E-state index is 10.7. The molecular weight excluding hydrogens is 476 g/mol. The van der Waals surface area contributed by atoms with Crippen LogP contribution in [0.2, 0.25) is 0 Å². The molecule has 1 saturated heterocycles. The van der Waals surface area contributed by atoms with Crippen LogP contribution in [0.15, 0.2) is 70.0 Å². The summed E-state index contributed by atoms with van der Waals surface area (Å²) in [7, 11) is 0. The second kappa shape index (κ2) is 13.2. The van der Waals surface area contributed by atoms with Crippen molar-refractivity contribution in [1.29, 1.82) is 5.41 Å². The highest BCUT2D eigenvalue weighted by Crippen LogP contribution is 2.28. The zero-order valence-electron chi connectivity index (χ0n) is 20.3. The molecule has 1 fully saturated rings. The molecule has 3 aromatic rings. The van der Waals surface area contributed by atoms with E-state index in [0.29, 0.717) is 40.9 Å². The van der Waals surface area contributed by atoms with Gasteiger partial charge in [-0.15, -0.1) is 0 Å². The molecule has 1 aromatic carbocycles. The quantitative estimate of drug-likeness (QED) is 0.133. The summed E-state index contributed by atoms with van der Waals surface area (Å²) < 4.78 is 4.16. The number of amidine groups is 1. The van der Waals surface area contributed by atoms with Gasteiger partial charge in [0.25, 0.3) is 0 Å². The van der Waals surface area contributed by atoms with Gasteiger partial charge in [0, 0.05) is 60.8 Å². The van der Waals surface area contributed by atoms with Gasteiger partial charge in [-0.25, -0.2) is 14.3 Å². The number of pyridine rings is 1. The van der Waals surface area contributed by atoms with Crippen LogP contribution in [0.5, 0.6) is 0 Å². The van der Waals surface area contributed by atoms with Crippen molar-refractivity contribution in [3.63, 3.8) is 0 Å². The topological polar surface area (TPSA) is 133 Å². The molecule has 0 bridgehead atoms. The highest BCUT2D eigenvalue weighted by atomic mass is 32.2. The van der Waals surface area contributed by atoms with Crippen LogP contribution >= 0.6 is 11.9 Å². The fourth-order valence-electron chi connectivity index (χ4n) is 3.37. The van der Waals surface area contributed by atoms with E-state index in [9.17, 15) is 4.79 Å². The molecule has 0 unspecified atom stereocenters. The van der Waals surface area contributed by atoms with Crippen molar-refractivity contribution in [2.24, 2.45) is 21.8 Å². The molecule has 4 rings (SSSR count). The van der Waals surface area contributed by atoms with E-state index in [1.807, 2.05) is 56.6 Å². The maximum Gasteiger partial charge on any atom is 0.211 e.